The molecule has 0 aromatic heterocycles. The van der Waals surface area contributed by atoms with Crippen LogP contribution >= 0.6 is 0 Å². The van der Waals surface area contributed by atoms with Gasteiger partial charge in [0.15, 0.2) is 0 Å². The van der Waals surface area contributed by atoms with Crippen molar-refractivity contribution >= 4 is 5.91 Å². The van der Waals surface area contributed by atoms with Crippen molar-refractivity contribution in [1.82, 2.24) is 15.1 Å². The van der Waals surface area contributed by atoms with Crippen molar-refractivity contribution < 1.29 is 9.53 Å². The van der Waals surface area contributed by atoms with Gasteiger partial charge in [-0.25, -0.2) is 0 Å². The minimum Gasteiger partial charge on any atom is -0.379 e. The van der Waals surface area contributed by atoms with Gasteiger partial charge >= 0.3 is 0 Å². The van der Waals surface area contributed by atoms with Crippen LogP contribution in [0.2, 0.25) is 0 Å². The third-order valence-electron chi connectivity index (χ3n) is 5.10. The lowest BCUT2D eigenvalue weighted by Gasteiger charge is -2.32. The number of hydrogen-bond acceptors (Lipinski definition) is 4. The number of nitrogens with zero attached hydrogens (tertiary/aromatic N) is 2. The zero-order valence-electron chi connectivity index (χ0n) is 12.9. The van der Waals surface area contributed by atoms with Gasteiger partial charge in [-0.3, -0.25) is 9.69 Å². The van der Waals surface area contributed by atoms with E-state index < -0.39 is 0 Å². The average molecular weight is 301 g/mol. The second-order valence-corrected chi connectivity index (χ2v) is 6.43. The Morgan fingerprint density at radius 3 is 2.82 bits per heavy atom. The van der Waals surface area contributed by atoms with E-state index in [9.17, 15) is 4.79 Å². The number of benzene rings is 1. The number of carbonyl (C=O) groups excluding carboxylic acids is 1. The van der Waals surface area contributed by atoms with Crippen LogP contribution in [-0.2, 0) is 17.8 Å². The molecule has 3 aliphatic rings. The van der Waals surface area contributed by atoms with Crippen LogP contribution in [0, 0.1) is 0 Å². The van der Waals surface area contributed by atoms with Gasteiger partial charge in [-0.2, -0.15) is 0 Å². The predicted octanol–water partition coefficient (Wildman–Crippen LogP) is 0.837. The summed E-state index contributed by atoms with van der Waals surface area (Å²) in [5.74, 6) is 0.186. The first-order valence-electron chi connectivity index (χ1n) is 8.25. The van der Waals surface area contributed by atoms with Gasteiger partial charge < -0.3 is 15.0 Å². The molecule has 1 N–H and O–H groups in total. The van der Waals surface area contributed by atoms with E-state index in [2.05, 4.69) is 22.3 Å². The summed E-state index contributed by atoms with van der Waals surface area (Å²) in [5.41, 5.74) is 3.43. The van der Waals surface area contributed by atoms with Crippen molar-refractivity contribution in [3.63, 3.8) is 0 Å². The normalized spacial score (nSPS) is 25.5. The van der Waals surface area contributed by atoms with Crippen molar-refractivity contribution in [2.75, 3.05) is 39.4 Å². The van der Waals surface area contributed by atoms with Crippen LogP contribution in [0.5, 0.6) is 0 Å². The molecule has 0 aliphatic carbocycles. The van der Waals surface area contributed by atoms with E-state index in [0.717, 1.165) is 64.5 Å². The molecule has 1 unspecified atom stereocenters. The van der Waals surface area contributed by atoms with E-state index in [1.165, 1.54) is 11.1 Å². The van der Waals surface area contributed by atoms with Crippen molar-refractivity contribution in [2.24, 2.45) is 0 Å². The summed E-state index contributed by atoms with van der Waals surface area (Å²) in [4.78, 5) is 17.2. The Kier molecular flexibility index (Phi) is 3.86. The fourth-order valence-electron chi connectivity index (χ4n) is 3.78. The van der Waals surface area contributed by atoms with Crippen LogP contribution in [0.4, 0.5) is 0 Å². The Morgan fingerprint density at radius 2 is 1.95 bits per heavy atom. The summed E-state index contributed by atoms with van der Waals surface area (Å²) in [6.45, 7) is 7.17. The molecule has 22 heavy (non-hydrogen) atoms. The van der Waals surface area contributed by atoms with Gasteiger partial charge in [-0.15, -0.1) is 0 Å². The number of carbonyl (C=O) groups is 1. The zero-order chi connectivity index (χ0) is 14.9. The van der Waals surface area contributed by atoms with Crippen LogP contribution in [0.25, 0.3) is 0 Å². The number of ether oxygens (including phenoxy) is 1. The van der Waals surface area contributed by atoms with Gasteiger partial charge in [0.25, 0.3) is 5.91 Å². The lowest BCUT2D eigenvalue weighted by Crippen LogP contribution is -2.45. The van der Waals surface area contributed by atoms with E-state index in [-0.39, 0.29) is 5.91 Å². The number of amides is 1. The molecule has 1 aromatic rings. The standard InChI is InChI=1S/C17H23N3O2/c21-17(13-1-2-14-10-18-11-15(14)9-13)20-4-3-16(12-20)19-5-7-22-8-6-19/h1-2,9,16,18H,3-8,10-12H2. The summed E-state index contributed by atoms with van der Waals surface area (Å²) in [7, 11) is 0. The van der Waals surface area contributed by atoms with Gasteiger partial charge in [0.1, 0.15) is 0 Å². The van der Waals surface area contributed by atoms with E-state index >= 15 is 0 Å². The summed E-state index contributed by atoms with van der Waals surface area (Å²) in [5, 5.41) is 3.33. The topological polar surface area (TPSA) is 44.8 Å². The maximum atomic E-state index is 12.7. The van der Waals surface area contributed by atoms with Crippen molar-refractivity contribution in [2.45, 2.75) is 25.6 Å². The molecule has 0 radical (unpaired) electrons. The first-order chi connectivity index (χ1) is 10.8. The molecule has 1 aromatic carbocycles. The number of morpholine rings is 1. The van der Waals surface area contributed by atoms with Crippen molar-refractivity contribution in [3.05, 3.63) is 34.9 Å². The monoisotopic (exact) mass is 301 g/mol. The average Bonchev–Trinajstić information content (AvgIpc) is 3.23. The largest absolute Gasteiger partial charge is 0.379 e. The van der Waals surface area contributed by atoms with E-state index in [1.54, 1.807) is 0 Å². The summed E-state index contributed by atoms with van der Waals surface area (Å²) < 4.78 is 5.42. The van der Waals surface area contributed by atoms with Crippen LogP contribution in [0.1, 0.15) is 27.9 Å². The molecule has 2 saturated heterocycles. The Labute approximate surface area is 131 Å². The van der Waals surface area contributed by atoms with Crippen LogP contribution in [0.3, 0.4) is 0 Å². The fraction of sp³-hybridized carbons (Fsp3) is 0.588. The Bertz CT molecular complexity index is 569. The summed E-state index contributed by atoms with van der Waals surface area (Å²) in [6.07, 6.45) is 1.08. The molecule has 1 amide bonds. The van der Waals surface area contributed by atoms with Crippen LogP contribution < -0.4 is 5.32 Å². The highest BCUT2D eigenvalue weighted by atomic mass is 16.5. The molecule has 3 heterocycles. The highest BCUT2D eigenvalue weighted by Crippen LogP contribution is 2.22. The van der Waals surface area contributed by atoms with Crippen molar-refractivity contribution in [1.29, 1.82) is 0 Å². The molecule has 0 spiro atoms. The number of likely N-dealkylation sites (tertiary alicyclic amines) is 1. The van der Waals surface area contributed by atoms with E-state index in [1.807, 2.05) is 11.0 Å². The molecule has 0 saturated carbocycles. The summed E-state index contributed by atoms with van der Waals surface area (Å²) >= 11 is 0. The number of hydrogen-bond donors (Lipinski definition) is 1. The molecule has 4 rings (SSSR count). The first-order valence-corrected chi connectivity index (χ1v) is 8.25. The molecule has 0 bridgehead atoms. The first kappa shape index (κ1) is 14.2. The second-order valence-electron chi connectivity index (χ2n) is 6.43. The van der Waals surface area contributed by atoms with Gasteiger partial charge in [-0.05, 0) is 29.7 Å². The lowest BCUT2D eigenvalue weighted by atomic mass is 10.1. The zero-order valence-corrected chi connectivity index (χ0v) is 12.9. The Morgan fingerprint density at radius 1 is 1.14 bits per heavy atom. The van der Waals surface area contributed by atoms with Crippen molar-refractivity contribution in [3.8, 4) is 0 Å². The fourth-order valence-corrected chi connectivity index (χ4v) is 3.78. The molecular formula is C17H23N3O2. The quantitative estimate of drug-likeness (QED) is 0.879. The minimum absolute atomic E-state index is 0.186. The molecule has 5 nitrogen and oxygen atoms in total. The molecule has 5 heteroatoms. The van der Waals surface area contributed by atoms with Crippen LogP contribution in [0.15, 0.2) is 18.2 Å². The third-order valence-corrected chi connectivity index (χ3v) is 5.10. The SMILES string of the molecule is O=C(c1ccc2c(c1)CNC2)N1CCC(N2CCOCC2)C1. The molecule has 2 fully saturated rings. The van der Waals surface area contributed by atoms with E-state index in [4.69, 9.17) is 4.74 Å². The molecule has 118 valence electrons. The van der Waals surface area contributed by atoms with Gasteiger partial charge in [-0.1, -0.05) is 6.07 Å². The van der Waals surface area contributed by atoms with E-state index in [0.29, 0.717) is 6.04 Å². The third kappa shape index (κ3) is 2.64. The predicted molar refractivity (Wildman–Crippen MR) is 83.7 cm³/mol. The lowest BCUT2D eigenvalue weighted by molar-refractivity contribution is 0.0185. The second kappa shape index (κ2) is 5.99. The van der Waals surface area contributed by atoms with Crippen LogP contribution in [-0.4, -0.2) is 61.1 Å². The van der Waals surface area contributed by atoms with Gasteiger partial charge in [0.05, 0.1) is 13.2 Å². The van der Waals surface area contributed by atoms with Gasteiger partial charge in [0.2, 0.25) is 0 Å². The number of nitrogens with one attached hydrogen (secondary N) is 1. The Balaban J connectivity index is 1.43. The highest BCUT2D eigenvalue weighted by molar-refractivity contribution is 5.94. The maximum absolute atomic E-state index is 12.7. The highest BCUT2D eigenvalue weighted by Gasteiger charge is 2.31. The molecule has 3 aliphatic heterocycles. The number of fused-ring (bicyclic) bond motifs is 1. The molecular weight excluding hydrogens is 278 g/mol. The van der Waals surface area contributed by atoms with Gasteiger partial charge in [0, 0.05) is 50.9 Å². The number of rotatable bonds is 2. The Hall–Kier alpha value is -1.43. The molecule has 1 atom stereocenters. The summed E-state index contributed by atoms with van der Waals surface area (Å²) in [6, 6.07) is 6.65. The maximum Gasteiger partial charge on any atom is 0.253 e. The minimum atomic E-state index is 0.186. The smallest absolute Gasteiger partial charge is 0.253 e.